The molecule has 126 valence electrons. The molecule has 2 aromatic heterocycles. The molecule has 0 aliphatic carbocycles. The maximum atomic E-state index is 12.4. The summed E-state index contributed by atoms with van der Waals surface area (Å²) >= 11 is 0. The molecule has 0 atom stereocenters. The summed E-state index contributed by atoms with van der Waals surface area (Å²) in [5, 5.41) is 12.8. The van der Waals surface area contributed by atoms with Gasteiger partial charge in [-0.3, -0.25) is 9.20 Å². The first-order valence-electron chi connectivity index (χ1n) is 8.51. The van der Waals surface area contributed by atoms with Gasteiger partial charge in [0, 0.05) is 13.1 Å². The highest BCUT2D eigenvalue weighted by molar-refractivity contribution is 5.86. The Morgan fingerprint density at radius 3 is 2.84 bits per heavy atom. The highest BCUT2D eigenvalue weighted by atomic mass is 16.2. The van der Waals surface area contributed by atoms with Crippen LogP contribution in [0.25, 0.3) is 16.7 Å². The third-order valence-electron chi connectivity index (χ3n) is 4.76. The summed E-state index contributed by atoms with van der Waals surface area (Å²) in [4.78, 5) is 18.9. The fourth-order valence-corrected chi connectivity index (χ4v) is 3.47. The maximum absolute atomic E-state index is 12.4. The van der Waals surface area contributed by atoms with Crippen LogP contribution < -0.4 is 5.32 Å². The van der Waals surface area contributed by atoms with Crippen molar-refractivity contribution < 1.29 is 4.79 Å². The number of carbonyl (C=O) groups is 1. The van der Waals surface area contributed by atoms with Crippen LogP contribution >= 0.6 is 0 Å². The molecule has 0 radical (unpaired) electrons. The Kier molecular flexibility index (Phi) is 3.77. The molecule has 3 aromatic rings. The number of aromatic nitrogens is 2. The van der Waals surface area contributed by atoms with Gasteiger partial charge in [0.2, 0.25) is 5.91 Å². The van der Waals surface area contributed by atoms with E-state index in [4.69, 9.17) is 0 Å². The van der Waals surface area contributed by atoms with Gasteiger partial charge in [-0.15, -0.1) is 0 Å². The second-order valence-electron chi connectivity index (χ2n) is 6.40. The summed E-state index contributed by atoms with van der Waals surface area (Å²) in [5.74, 6) is 0.893. The van der Waals surface area contributed by atoms with E-state index in [0.717, 1.165) is 48.3 Å². The second kappa shape index (κ2) is 6.10. The number of nitrogens with one attached hydrogen (secondary N) is 1. The minimum absolute atomic E-state index is 0.108. The standard InChI is InChI=1S/C19H19N5O/c1-13-10-17(21-12-18(25)23-8-4-5-9-23)24-16-7-3-2-6-15(16)22-19(24)14(13)11-20/h2-3,6-7,10,21H,4-5,8-9,12H2,1H3. The molecule has 6 nitrogen and oxygen atoms in total. The quantitative estimate of drug-likeness (QED) is 0.800. The Morgan fingerprint density at radius 2 is 2.08 bits per heavy atom. The van der Waals surface area contributed by atoms with Crippen LogP contribution in [-0.4, -0.2) is 39.8 Å². The number of hydrogen-bond acceptors (Lipinski definition) is 4. The molecule has 1 aromatic carbocycles. The summed E-state index contributed by atoms with van der Waals surface area (Å²) in [6.45, 7) is 3.82. The van der Waals surface area contributed by atoms with E-state index in [2.05, 4.69) is 16.4 Å². The van der Waals surface area contributed by atoms with Crippen LogP contribution in [0.1, 0.15) is 24.0 Å². The number of hydrogen-bond donors (Lipinski definition) is 1. The zero-order chi connectivity index (χ0) is 17.4. The summed E-state index contributed by atoms with van der Waals surface area (Å²) in [7, 11) is 0. The number of anilines is 1. The molecule has 1 amide bonds. The number of likely N-dealkylation sites (tertiary alicyclic amines) is 1. The Morgan fingerprint density at radius 1 is 1.32 bits per heavy atom. The molecular formula is C19H19N5O. The van der Waals surface area contributed by atoms with E-state index in [1.165, 1.54) is 0 Å². The number of rotatable bonds is 3. The zero-order valence-electron chi connectivity index (χ0n) is 14.1. The molecule has 3 heterocycles. The molecule has 25 heavy (non-hydrogen) atoms. The van der Waals surface area contributed by atoms with Crippen molar-refractivity contribution in [1.82, 2.24) is 14.3 Å². The summed E-state index contributed by atoms with van der Waals surface area (Å²) < 4.78 is 1.93. The molecule has 1 N–H and O–H groups in total. The van der Waals surface area contributed by atoms with Crippen LogP contribution in [0.15, 0.2) is 30.3 Å². The lowest BCUT2D eigenvalue weighted by molar-refractivity contribution is -0.128. The normalized spacial score (nSPS) is 14.2. The highest BCUT2D eigenvalue weighted by Gasteiger charge is 2.19. The van der Waals surface area contributed by atoms with Gasteiger partial charge < -0.3 is 10.2 Å². The largest absolute Gasteiger partial charge is 0.362 e. The van der Waals surface area contributed by atoms with Crippen molar-refractivity contribution in [2.24, 2.45) is 0 Å². The Labute approximate surface area is 145 Å². The SMILES string of the molecule is Cc1cc(NCC(=O)N2CCCC2)n2c(nc3ccccc32)c1C#N. The van der Waals surface area contributed by atoms with Crippen molar-refractivity contribution in [3.05, 3.63) is 41.5 Å². The first-order chi connectivity index (χ1) is 12.2. The van der Waals surface area contributed by atoms with Gasteiger partial charge in [0.25, 0.3) is 0 Å². The van der Waals surface area contributed by atoms with Crippen LogP contribution in [0, 0.1) is 18.3 Å². The van der Waals surface area contributed by atoms with Crippen molar-refractivity contribution in [1.29, 1.82) is 5.26 Å². The van der Waals surface area contributed by atoms with E-state index >= 15 is 0 Å². The number of nitrogens with zero attached hydrogens (tertiary/aromatic N) is 4. The van der Waals surface area contributed by atoms with Crippen LogP contribution in [-0.2, 0) is 4.79 Å². The molecule has 0 spiro atoms. The van der Waals surface area contributed by atoms with E-state index in [1.807, 2.05) is 46.6 Å². The van der Waals surface area contributed by atoms with Crippen molar-refractivity contribution in [2.45, 2.75) is 19.8 Å². The first-order valence-corrected chi connectivity index (χ1v) is 8.51. The van der Waals surface area contributed by atoms with Crippen LogP contribution in [0.5, 0.6) is 0 Å². The van der Waals surface area contributed by atoms with Gasteiger partial charge in [-0.25, -0.2) is 4.98 Å². The van der Waals surface area contributed by atoms with Gasteiger partial charge in [0.1, 0.15) is 11.9 Å². The first kappa shape index (κ1) is 15.5. The lowest BCUT2D eigenvalue weighted by Crippen LogP contribution is -2.33. The number of aryl methyl sites for hydroxylation is 1. The number of carbonyl (C=O) groups excluding carboxylic acids is 1. The zero-order valence-corrected chi connectivity index (χ0v) is 14.1. The van der Waals surface area contributed by atoms with Gasteiger partial charge in [0.05, 0.1) is 23.1 Å². The number of nitriles is 1. The predicted octanol–water partition coefficient (Wildman–Crippen LogP) is 2.70. The van der Waals surface area contributed by atoms with Crippen LogP contribution in [0.3, 0.4) is 0 Å². The summed E-state index contributed by atoms with van der Waals surface area (Å²) in [6, 6.07) is 11.9. The van der Waals surface area contributed by atoms with Crippen molar-refractivity contribution in [2.75, 3.05) is 25.0 Å². The molecule has 0 unspecified atom stereocenters. The number of imidazole rings is 1. The van der Waals surface area contributed by atoms with E-state index in [9.17, 15) is 10.1 Å². The lowest BCUT2D eigenvalue weighted by atomic mass is 10.1. The van der Waals surface area contributed by atoms with Crippen LogP contribution in [0.2, 0.25) is 0 Å². The third kappa shape index (κ3) is 2.58. The molecule has 0 saturated carbocycles. The molecular weight excluding hydrogens is 314 g/mol. The van der Waals surface area contributed by atoms with Gasteiger partial charge >= 0.3 is 0 Å². The monoisotopic (exact) mass is 333 g/mol. The number of fused-ring (bicyclic) bond motifs is 3. The predicted molar refractivity (Wildman–Crippen MR) is 96.5 cm³/mol. The van der Waals surface area contributed by atoms with Gasteiger partial charge in [0.15, 0.2) is 5.65 Å². The van der Waals surface area contributed by atoms with E-state index < -0.39 is 0 Å². The molecule has 1 saturated heterocycles. The molecule has 1 fully saturated rings. The highest BCUT2D eigenvalue weighted by Crippen LogP contribution is 2.26. The molecule has 1 aliphatic heterocycles. The van der Waals surface area contributed by atoms with Gasteiger partial charge in [-0.05, 0) is 43.5 Å². The van der Waals surface area contributed by atoms with Crippen LogP contribution in [0.4, 0.5) is 5.82 Å². The Hall–Kier alpha value is -3.07. The molecule has 0 bridgehead atoms. The number of para-hydroxylation sites is 2. The van der Waals surface area contributed by atoms with E-state index in [-0.39, 0.29) is 12.5 Å². The van der Waals surface area contributed by atoms with Gasteiger partial charge in [-0.2, -0.15) is 5.26 Å². The average molecular weight is 333 g/mol. The van der Waals surface area contributed by atoms with Crippen molar-refractivity contribution in [3.63, 3.8) is 0 Å². The van der Waals surface area contributed by atoms with Crippen molar-refractivity contribution >= 4 is 28.4 Å². The lowest BCUT2D eigenvalue weighted by Gasteiger charge is -2.17. The minimum atomic E-state index is 0.108. The summed E-state index contributed by atoms with van der Waals surface area (Å²) in [5.41, 5.74) is 3.79. The fourth-order valence-electron chi connectivity index (χ4n) is 3.47. The van der Waals surface area contributed by atoms with Gasteiger partial charge in [-0.1, -0.05) is 12.1 Å². The maximum Gasteiger partial charge on any atom is 0.241 e. The topological polar surface area (TPSA) is 73.4 Å². The van der Waals surface area contributed by atoms with E-state index in [0.29, 0.717) is 11.2 Å². The summed E-state index contributed by atoms with van der Waals surface area (Å²) in [6.07, 6.45) is 2.16. The van der Waals surface area contributed by atoms with E-state index in [1.54, 1.807) is 0 Å². The smallest absolute Gasteiger partial charge is 0.241 e. The van der Waals surface area contributed by atoms with Crippen molar-refractivity contribution in [3.8, 4) is 6.07 Å². The number of pyridine rings is 1. The average Bonchev–Trinajstić information content (AvgIpc) is 3.27. The fraction of sp³-hybridized carbons (Fsp3) is 0.316. The molecule has 1 aliphatic rings. The Balaban J connectivity index is 1.77. The minimum Gasteiger partial charge on any atom is -0.362 e. The third-order valence-corrected chi connectivity index (χ3v) is 4.76. The molecule has 4 rings (SSSR count). The number of benzene rings is 1. The molecule has 6 heteroatoms. The number of amides is 1. The second-order valence-corrected chi connectivity index (χ2v) is 6.40. The Bertz CT molecular complexity index is 1010.